The zero-order valence-corrected chi connectivity index (χ0v) is 6.39. The second-order valence-electron chi connectivity index (χ2n) is 3.23. The molecule has 0 unspecified atom stereocenters. The van der Waals surface area contributed by atoms with E-state index < -0.39 is 0 Å². The third-order valence-electron chi connectivity index (χ3n) is 2.03. The molecular formula is C10H11F. The number of allylic oxidation sites excluding steroid dienone is 6. The first-order valence-corrected chi connectivity index (χ1v) is 4.08. The second kappa shape index (κ2) is 2.65. The van der Waals surface area contributed by atoms with Crippen molar-refractivity contribution in [3.63, 3.8) is 0 Å². The first kappa shape index (κ1) is 6.84. The minimum absolute atomic E-state index is 0.0144. The molecule has 1 fully saturated rings. The van der Waals surface area contributed by atoms with Crippen molar-refractivity contribution < 1.29 is 4.39 Å². The van der Waals surface area contributed by atoms with Crippen molar-refractivity contribution in [2.24, 2.45) is 5.92 Å². The predicted molar refractivity (Wildman–Crippen MR) is 43.8 cm³/mol. The van der Waals surface area contributed by atoms with Crippen LogP contribution < -0.4 is 0 Å². The van der Waals surface area contributed by atoms with Crippen LogP contribution in [0.4, 0.5) is 4.39 Å². The number of rotatable bonds is 1. The lowest BCUT2D eigenvalue weighted by Gasteiger charge is -2.03. The van der Waals surface area contributed by atoms with Crippen molar-refractivity contribution in [2.75, 3.05) is 0 Å². The first-order chi connectivity index (χ1) is 5.34. The molecule has 58 valence electrons. The van der Waals surface area contributed by atoms with Crippen LogP contribution in [0.25, 0.3) is 0 Å². The van der Waals surface area contributed by atoms with Crippen molar-refractivity contribution in [1.29, 1.82) is 0 Å². The van der Waals surface area contributed by atoms with Gasteiger partial charge in [-0.05, 0) is 30.4 Å². The van der Waals surface area contributed by atoms with E-state index in [4.69, 9.17) is 0 Å². The fraction of sp³-hybridized carbons (Fsp3) is 0.400. The van der Waals surface area contributed by atoms with Crippen molar-refractivity contribution in [3.8, 4) is 0 Å². The zero-order valence-electron chi connectivity index (χ0n) is 6.39. The maximum atomic E-state index is 12.7. The molecule has 0 nitrogen and oxygen atoms in total. The number of hydrogen-bond donors (Lipinski definition) is 0. The van der Waals surface area contributed by atoms with E-state index >= 15 is 0 Å². The van der Waals surface area contributed by atoms with Crippen molar-refractivity contribution >= 4 is 0 Å². The third kappa shape index (κ3) is 1.79. The summed E-state index contributed by atoms with van der Waals surface area (Å²) in [6.07, 6.45) is 10.6. The van der Waals surface area contributed by atoms with Gasteiger partial charge in [0.05, 0.1) is 0 Å². The molecule has 2 rings (SSSR count). The van der Waals surface area contributed by atoms with E-state index in [1.54, 1.807) is 6.08 Å². The van der Waals surface area contributed by atoms with Gasteiger partial charge < -0.3 is 0 Å². The molecule has 0 radical (unpaired) electrons. The molecule has 0 aliphatic heterocycles. The van der Waals surface area contributed by atoms with Gasteiger partial charge in [0.25, 0.3) is 0 Å². The Balaban J connectivity index is 2.06. The lowest BCUT2D eigenvalue weighted by Crippen LogP contribution is -1.86. The summed E-state index contributed by atoms with van der Waals surface area (Å²) in [4.78, 5) is 0. The van der Waals surface area contributed by atoms with Gasteiger partial charge in [-0.15, -0.1) is 0 Å². The molecule has 2 aliphatic carbocycles. The van der Waals surface area contributed by atoms with E-state index in [-0.39, 0.29) is 5.83 Å². The van der Waals surface area contributed by atoms with Gasteiger partial charge in [-0.3, -0.25) is 0 Å². The van der Waals surface area contributed by atoms with Crippen LogP contribution in [0.3, 0.4) is 0 Å². The summed E-state index contributed by atoms with van der Waals surface area (Å²) in [7, 11) is 0. The Bertz CT molecular complexity index is 242. The third-order valence-corrected chi connectivity index (χ3v) is 2.03. The zero-order chi connectivity index (χ0) is 7.68. The monoisotopic (exact) mass is 150 g/mol. The fourth-order valence-corrected chi connectivity index (χ4v) is 1.27. The first-order valence-electron chi connectivity index (χ1n) is 4.08. The second-order valence-corrected chi connectivity index (χ2v) is 3.23. The summed E-state index contributed by atoms with van der Waals surface area (Å²) in [5.41, 5.74) is 1.15. The van der Waals surface area contributed by atoms with Gasteiger partial charge in [0.15, 0.2) is 0 Å². The lowest BCUT2D eigenvalue weighted by molar-refractivity contribution is 0.610. The Labute approximate surface area is 66.1 Å². The fourth-order valence-electron chi connectivity index (χ4n) is 1.27. The standard InChI is InChI=1S/C10H11F/c11-10-3-1-2-9(7-10)6-8-4-5-8/h1-3,6,8H,4-5,7H2. The minimum Gasteiger partial charge on any atom is -0.211 e. The minimum atomic E-state index is -0.0144. The van der Waals surface area contributed by atoms with Crippen molar-refractivity contribution in [1.82, 2.24) is 0 Å². The highest BCUT2D eigenvalue weighted by Gasteiger charge is 2.19. The summed E-state index contributed by atoms with van der Waals surface area (Å²) in [6, 6.07) is 0. The van der Waals surface area contributed by atoms with Gasteiger partial charge in [0.1, 0.15) is 5.83 Å². The van der Waals surface area contributed by atoms with E-state index in [2.05, 4.69) is 6.08 Å². The quantitative estimate of drug-likeness (QED) is 0.538. The van der Waals surface area contributed by atoms with E-state index in [0.717, 1.165) is 11.5 Å². The van der Waals surface area contributed by atoms with Crippen LogP contribution in [-0.2, 0) is 0 Å². The Morgan fingerprint density at radius 1 is 1.45 bits per heavy atom. The van der Waals surface area contributed by atoms with Gasteiger partial charge in [-0.2, -0.15) is 0 Å². The summed E-state index contributed by atoms with van der Waals surface area (Å²) in [5, 5.41) is 0. The Hall–Kier alpha value is -0.850. The molecule has 0 aromatic carbocycles. The van der Waals surface area contributed by atoms with E-state index in [1.165, 1.54) is 18.9 Å². The molecule has 0 N–H and O–H groups in total. The Kier molecular flexibility index (Phi) is 1.65. The van der Waals surface area contributed by atoms with Gasteiger partial charge in [0, 0.05) is 6.42 Å². The highest BCUT2D eigenvalue weighted by atomic mass is 19.1. The van der Waals surface area contributed by atoms with Crippen LogP contribution in [0.2, 0.25) is 0 Å². The molecule has 0 spiro atoms. The molecule has 0 amide bonds. The molecular weight excluding hydrogens is 139 g/mol. The highest BCUT2D eigenvalue weighted by Crippen LogP contribution is 2.33. The Morgan fingerprint density at radius 2 is 2.27 bits per heavy atom. The van der Waals surface area contributed by atoms with Gasteiger partial charge >= 0.3 is 0 Å². The van der Waals surface area contributed by atoms with Crippen LogP contribution in [-0.4, -0.2) is 0 Å². The predicted octanol–water partition coefficient (Wildman–Crippen LogP) is 3.14. The Morgan fingerprint density at radius 3 is 2.91 bits per heavy atom. The average Bonchev–Trinajstić information content (AvgIpc) is 2.71. The topological polar surface area (TPSA) is 0 Å². The van der Waals surface area contributed by atoms with Crippen LogP contribution in [0.5, 0.6) is 0 Å². The lowest BCUT2D eigenvalue weighted by atomic mass is 10.1. The maximum Gasteiger partial charge on any atom is 0.104 e. The van der Waals surface area contributed by atoms with Crippen LogP contribution in [0.1, 0.15) is 19.3 Å². The molecule has 1 saturated carbocycles. The maximum absolute atomic E-state index is 12.7. The molecule has 0 bridgehead atoms. The van der Waals surface area contributed by atoms with E-state index in [0.29, 0.717) is 6.42 Å². The molecule has 0 atom stereocenters. The largest absolute Gasteiger partial charge is 0.211 e. The van der Waals surface area contributed by atoms with Crippen molar-refractivity contribution in [3.05, 3.63) is 35.7 Å². The SMILES string of the molecule is FC1=CC=CC(=CC2CC2)C1. The number of hydrogen-bond acceptors (Lipinski definition) is 0. The molecule has 2 aliphatic rings. The average molecular weight is 150 g/mol. The van der Waals surface area contributed by atoms with E-state index in [1.807, 2.05) is 6.08 Å². The van der Waals surface area contributed by atoms with Gasteiger partial charge in [0.2, 0.25) is 0 Å². The van der Waals surface area contributed by atoms with Crippen LogP contribution in [0.15, 0.2) is 35.7 Å². The van der Waals surface area contributed by atoms with Crippen LogP contribution >= 0.6 is 0 Å². The summed E-state index contributed by atoms with van der Waals surface area (Å²) < 4.78 is 12.7. The van der Waals surface area contributed by atoms with E-state index in [9.17, 15) is 4.39 Å². The summed E-state index contributed by atoms with van der Waals surface area (Å²) in [5.74, 6) is 0.736. The molecule has 11 heavy (non-hydrogen) atoms. The summed E-state index contributed by atoms with van der Waals surface area (Å²) >= 11 is 0. The number of halogens is 1. The smallest absolute Gasteiger partial charge is 0.104 e. The normalized spacial score (nSPS) is 27.4. The van der Waals surface area contributed by atoms with Gasteiger partial charge in [-0.25, -0.2) is 4.39 Å². The molecule has 1 heteroatoms. The molecule has 0 saturated heterocycles. The summed E-state index contributed by atoms with van der Waals surface area (Å²) in [6.45, 7) is 0. The highest BCUT2D eigenvalue weighted by molar-refractivity contribution is 5.32. The van der Waals surface area contributed by atoms with Gasteiger partial charge in [-0.1, -0.05) is 18.2 Å². The van der Waals surface area contributed by atoms with Crippen LogP contribution in [0, 0.1) is 5.92 Å². The van der Waals surface area contributed by atoms with Crippen molar-refractivity contribution in [2.45, 2.75) is 19.3 Å². The molecule has 0 aromatic heterocycles. The molecule has 0 heterocycles. The molecule has 0 aromatic rings.